The van der Waals surface area contributed by atoms with Gasteiger partial charge in [0.05, 0.1) is 0 Å². The van der Waals surface area contributed by atoms with E-state index in [1.54, 1.807) is 32.9 Å². The van der Waals surface area contributed by atoms with Gasteiger partial charge < -0.3 is 15.4 Å². The summed E-state index contributed by atoms with van der Waals surface area (Å²) in [5.74, 6) is -0.165. The number of halogens is 1. The summed E-state index contributed by atoms with van der Waals surface area (Å²) < 4.78 is 6.27. The highest BCUT2D eigenvalue weighted by Crippen LogP contribution is 2.09. The second-order valence-electron chi connectivity index (χ2n) is 6.20. The second-order valence-corrected chi connectivity index (χ2v) is 7.45. The molecule has 0 aromatic heterocycles. The number of rotatable bonds is 4. The fourth-order valence-corrected chi connectivity index (χ4v) is 1.99. The van der Waals surface area contributed by atoms with Crippen LogP contribution in [0.15, 0.2) is 24.3 Å². The van der Waals surface area contributed by atoms with Crippen molar-refractivity contribution >= 4 is 34.6 Å². The number of hydrogen-bond acceptors (Lipinski definition) is 3. The normalized spacial score (nSPS) is 13.9. The SMILES string of the molecule is CC(NC(=O)OC(C)(C)C)C(C)NC(=O)c1ccc(I)cc1. The van der Waals surface area contributed by atoms with Gasteiger partial charge in [0.1, 0.15) is 5.60 Å². The van der Waals surface area contributed by atoms with Crippen molar-refractivity contribution in [3.05, 3.63) is 33.4 Å². The van der Waals surface area contributed by atoms with Gasteiger partial charge in [-0.05, 0) is 81.5 Å². The van der Waals surface area contributed by atoms with E-state index in [-0.39, 0.29) is 18.0 Å². The van der Waals surface area contributed by atoms with Gasteiger partial charge in [0, 0.05) is 21.2 Å². The van der Waals surface area contributed by atoms with Crippen molar-refractivity contribution < 1.29 is 14.3 Å². The van der Waals surface area contributed by atoms with Gasteiger partial charge in [0.25, 0.3) is 5.91 Å². The molecule has 5 nitrogen and oxygen atoms in total. The predicted molar refractivity (Wildman–Crippen MR) is 94.9 cm³/mol. The Labute approximate surface area is 145 Å². The van der Waals surface area contributed by atoms with Crippen LogP contribution < -0.4 is 10.6 Å². The molecule has 0 aliphatic carbocycles. The van der Waals surface area contributed by atoms with Gasteiger partial charge in [0.2, 0.25) is 0 Å². The number of ether oxygens (including phenoxy) is 1. The summed E-state index contributed by atoms with van der Waals surface area (Å²) in [7, 11) is 0. The van der Waals surface area contributed by atoms with Crippen LogP contribution in [0.4, 0.5) is 4.79 Å². The summed E-state index contributed by atoms with van der Waals surface area (Å²) in [4.78, 5) is 23.8. The zero-order valence-corrected chi connectivity index (χ0v) is 15.7. The number of carbonyl (C=O) groups is 2. The molecule has 6 heteroatoms. The first-order valence-electron chi connectivity index (χ1n) is 7.14. The van der Waals surface area contributed by atoms with Crippen LogP contribution in [0.1, 0.15) is 45.0 Å². The Balaban J connectivity index is 2.53. The summed E-state index contributed by atoms with van der Waals surface area (Å²) >= 11 is 2.19. The van der Waals surface area contributed by atoms with Crippen LogP contribution in [-0.4, -0.2) is 29.7 Å². The van der Waals surface area contributed by atoms with Gasteiger partial charge in [-0.1, -0.05) is 0 Å². The van der Waals surface area contributed by atoms with E-state index < -0.39 is 11.7 Å². The lowest BCUT2D eigenvalue weighted by atomic mass is 10.1. The van der Waals surface area contributed by atoms with Crippen molar-refractivity contribution in [2.75, 3.05) is 0 Å². The zero-order valence-electron chi connectivity index (χ0n) is 13.6. The van der Waals surface area contributed by atoms with Crippen molar-refractivity contribution in [2.45, 2.75) is 52.3 Å². The maximum Gasteiger partial charge on any atom is 0.407 e. The van der Waals surface area contributed by atoms with E-state index in [1.165, 1.54) is 0 Å². The molecule has 0 bridgehead atoms. The molecule has 0 saturated heterocycles. The van der Waals surface area contributed by atoms with E-state index in [4.69, 9.17) is 4.74 Å². The molecule has 2 amide bonds. The molecule has 0 spiro atoms. The summed E-state index contributed by atoms with van der Waals surface area (Å²) in [6, 6.07) is 6.83. The Kier molecular flexibility index (Phi) is 6.65. The lowest BCUT2D eigenvalue weighted by molar-refractivity contribution is 0.0496. The summed E-state index contributed by atoms with van der Waals surface area (Å²) in [5, 5.41) is 5.60. The minimum Gasteiger partial charge on any atom is -0.444 e. The van der Waals surface area contributed by atoms with Gasteiger partial charge in [-0.15, -0.1) is 0 Å². The van der Waals surface area contributed by atoms with E-state index in [0.717, 1.165) is 3.57 Å². The molecule has 2 N–H and O–H groups in total. The molecule has 0 radical (unpaired) electrons. The van der Waals surface area contributed by atoms with Crippen molar-refractivity contribution in [3.63, 3.8) is 0 Å². The number of benzene rings is 1. The van der Waals surface area contributed by atoms with Crippen LogP contribution in [0.25, 0.3) is 0 Å². The Bertz CT molecular complexity index is 523. The van der Waals surface area contributed by atoms with Crippen LogP contribution in [0.5, 0.6) is 0 Å². The lowest BCUT2D eigenvalue weighted by Crippen LogP contribution is -2.49. The third-order valence-corrected chi connectivity index (χ3v) is 3.68. The van der Waals surface area contributed by atoms with Crippen LogP contribution in [-0.2, 0) is 4.74 Å². The van der Waals surface area contributed by atoms with Crippen molar-refractivity contribution in [1.82, 2.24) is 10.6 Å². The highest BCUT2D eigenvalue weighted by atomic mass is 127. The Morgan fingerprint density at radius 3 is 2.05 bits per heavy atom. The van der Waals surface area contributed by atoms with Gasteiger partial charge in [-0.3, -0.25) is 4.79 Å². The van der Waals surface area contributed by atoms with Crippen LogP contribution in [0.2, 0.25) is 0 Å². The molecule has 0 aliphatic rings. The average molecular weight is 418 g/mol. The van der Waals surface area contributed by atoms with Gasteiger partial charge >= 0.3 is 6.09 Å². The molecule has 0 aliphatic heterocycles. The Hall–Kier alpha value is -1.31. The molecule has 122 valence electrons. The molecule has 0 heterocycles. The fraction of sp³-hybridized carbons (Fsp3) is 0.500. The largest absolute Gasteiger partial charge is 0.444 e. The van der Waals surface area contributed by atoms with E-state index in [0.29, 0.717) is 5.56 Å². The monoisotopic (exact) mass is 418 g/mol. The molecular formula is C16H23IN2O3. The van der Waals surface area contributed by atoms with Crippen molar-refractivity contribution in [3.8, 4) is 0 Å². The number of alkyl carbamates (subject to hydrolysis) is 1. The average Bonchev–Trinajstić information content (AvgIpc) is 2.36. The minimum absolute atomic E-state index is 0.165. The molecule has 1 rings (SSSR count). The third-order valence-electron chi connectivity index (χ3n) is 2.96. The van der Waals surface area contributed by atoms with E-state index in [1.807, 2.05) is 26.0 Å². The molecule has 22 heavy (non-hydrogen) atoms. The first-order chi connectivity index (χ1) is 10.1. The molecule has 2 unspecified atom stereocenters. The number of amides is 2. The van der Waals surface area contributed by atoms with Gasteiger partial charge in [0.15, 0.2) is 0 Å². The lowest BCUT2D eigenvalue weighted by Gasteiger charge is -2.25. The minimum atomic E-state index is -0.544. The molecular weight excluding hydrogens is 395 g/mol. The Morgan fingerprint density at radius 2 is 1.55 bits per heavy atom. The van der Waals surface area contributed by atoms with Crippen LogP contribution in [0, 0.1) is 3.57 Å². The molecule has 1 aromatic carbocycles. The van der Waals surface area contributed by atoms with Crippen molar-refractivity contribution in [1.29, 1.82) is 0 Å². The van der Waals surface area contributed by atoms with Crippen LogP contribution >= 0.6 is 22.6 Å². The molecule has 0 fully saturated rings. The first-order valence-corrected chi connectivity index (χ1v) is 8.22. The second kappa shape index (κ2) is 7.80. The van der Waals surface area contributed by atoms with Gasteiger partial charge in [-0.25, -0.2) is 4.79 Å². The summed E-state index contributed by atoms with van der Waals surface area (Å²) in [5.41, 5.74) is 0.0500. The maximum absolute atomic E-state index is 12.1. The van der Waals surface area contributed by atoms with Crippen LogP contribution in [0.3, 0.4) is 0 Å². The van der Waals surface area contributed by atoms with E-state index >= 15 is 0 Å². The number of hydrogen-bond donors (Lipinski definition) is 2. The first kappa shape index (κ1) is 18.7. The maximum atomic E-state index is 12.1. The quantitative estimate of drug-likeness (QED) is 0.738. The Morgan fingerprint density at radius 1 is 1.05 bits per heavy atom. The zero-order chi connectivity index (χ0) is 16.9. The molecule has 2 atom stereocenters. The third kappa shape index (κ3) is 6.64. The number of carbonyl (C=O) groups excluding carboxylic acids is 2. The van der Waals surface area contributed by atoms with Crippen molar-refractivity contribution in [2.24, 2.45) is 0 Å². The molecule has 0 saturated carbocycles. The van der Waals surface area contributed by atoms with E-state index in [9.17, 15) is 9.59 Å². The fourth-order valence-electron chi connectivity index (χ4n) is 1.63. The summed E-state index contributed by atoms with van der Waals surface area (Å²) in [6.45, 7) is 9.08. The topological polar surface area (TPSA) is 67.4 Å². The standard InChI is InChI=1S/C16H23IN2O3/c1-10(11(2)19-15(21)22-16(3,4)5)18-14(20)12-6-8-13(17)9-7-12/h6-11H,1-5H3,(H,18,20)(H,19,21). The van der Waals surface area contributed by atoms with Gasteiger partial charge in [-0.2, -0.15) is 0 Å². The number of nitrogens with one attached hydrogen (secondary N) is 2. The molecule has 1 aromatic rings. The highest BCUT2D eigenvalue weighted by Gasteiger charge is 2.21. The van der Waals surface area contributed by atoms with E-state index in [2.05, 4.69) is 33.2 Å². The highest BCUT2D eigenvalue weighted by molar-refractivity contribution is 14.1. The predicted octanol–water partition coefficient (Wildman–Crippen LogP) is 3.32. The smallest absolute Gasteiger partial charge is 0.407 e. The summed E-state index contributed by atoms with van der Waals surface area (Å²) in [6.07, 6.45) is -0.490.